The third-order valence-corrected chi connectivity index (χ3v) is 4.07. The van der Waals surface area contributed by atoms with Crippen molar-refractivity contribution in [1.82, 2.24) is 10.5 Å². The van der Waals surface area contributed by atoms with Gasteiger partial charge in [0, 0.05) is 25.3 Å². The number of rotatable bonds is 11. The summed E-state index contributed by atoms with van der Waals surface area (Å²) in [5, 5.41) is 6.80. The molecule has 6 nitrogen and oxygen atoms in total. The third-order valence-electron chi connectivity index (χ3n) is 4.07. The average molecular weight is 360 g/mol. The number of amides is 1. The van der Waals surface area contributed by atoms with Gasteiger partial charge in [-0.3, -0.25) is 4.79 Å². The molecule has 142 valence electrons. The van der Waals surface area contributed by atoms with Gasteiger partial charge in [0.15, 0.2) is 0 Å². The molecule has 0 atom stereocenters. The highest BCUT2D eigenvalue weighted by Gasteiger charge is 2.10. The molecule has 1 aromatic carbocycles. The zero-order valence-electron chi connectivity index (χ0n) is 15.8. The van der Waals surface area contributed by atoms with Crippen molar-refractivity contribution < 1.29 is 18.8 Å². The Morgan fingerprint density at radius 3 is 2.54 bits per heavy atom. The fraction of sp³-hybridized carbons (Fsp3) is 0.500. The summed E-state index contributed by atoms with van der Waals surface area (Å²) in [6.07, 6.45) is 3.03. The van der Waals surface area contributed by atoms with E-state index in [1.165, 1.54) is 0 Å². The molecule has 0 fully saturated rings. The van der Waals surface area contributed by atoms with Crippen molar-refractivity contribution in [1.29, 1.82) is 0 Å². The van der Waals surface area contributed by atoms with E-state index in [9.17, 15) is 4.79 Å². The van der Waals surface area contributed by atoms with Crippen LogP contribution < -0.4 is 10.1 Å². The van der Waals surface area contributed by atoms with Crippen molar-refractivity contribution in [3.63, 3.8) is 0 Å². The average Bonchev–Trinajstić information content (AvgIpc) is 2.97. The van der Waals surface area contributed by atoms with E-state index in [1.54, 1.807) is 24.3 Å². The summed E-state index contributed by atoms with van der Waals surface area (Å²) in [6, 6.07) is 7.10. The molecule has 0 bridgehead atoms. The number of nitrogens with zero attached hydrogens (tertiary/aromatic N) is 1. The van der Waals surface area contributed by atoms with Gasteiger partial charge in [0.1, 0.15) is 18.1 Å². The van der Waals surface area contributed by atoms with Crippen LogP contribution in [0.2, 0.25) is 0 Å². The molecule has 0 unspecified atom stereocenters. The molecule has 0 saturated heterocycles. The van der Waals surface area contributed by atoms with Gasteiger partial charge in [-0.2, -0.15) is 0 Å². The second kappa shape index (κ2) is 10.6. The van der Waals surface area contributed by atoms with Crippen molar-refractivity contribution >= 4 is 5.91 Å². The molecule has 1 heterocycles. The molecule has 2 aromatic rings. The summed E-state index contributed by atoms with van der Waals surface area (Å²) in [7, 11) is 0. The highest BCUT2D eigenvalue weighted by molar-refractivity contribution is 5.94. The lowest BCUT2D eigenvalue weighted by atomic mass is 10.2. The molecule has 0 saturated carbocycles. The van der Waals surface area contributed by atoms with Gasteiger partial charge < -0.3 is 19.3 Å². The van der Waals surface area contributed by atoms with E-state index in [2.05, 4.69) is 17.4 Å². The number of ether oxygens (including phenoxy) is 2. The van der Waals surface area contributed by atoms with E-state index < -0.39 is 0 Å². The molecule has 0 radical (unpaired) electrons. The number of aryl methyl sites for hydroxylation is 2. The quantitative estimate of drug-likeness (QED) is 0.617. The van der Waals surface area contributed by atoms with Gasteiger partial charge in [0.2, 0.25) is 0 Å². The van der Waals surface area contributed by atoms with Gasteiger partial charge in [-0.25, -0.2) is 0 Å². The minimum Gasteiger partial charge on any atom is -0.489 e. The summed E-state index contributed by atoms with van der Waals surface area (Å²) < 4.78 is 16.3. The Morgan fingerprint density at radius 1 is 1.15 bits per heavy atom. The fourth-order valence-corrected chi connectivity index (χ4v) is 2.39. The Hall–Kier alpha value is -2.34. The van der Waals surface area contributed by atoms with Gasteiger partial charge in [-0.15, -0.1) is 0 Å². The van der Waals surface area contributed by atoms with E-state index in [4.69, 9.17) is 14.0 Å². The summed E-state index contributed by atoms with van der Waals surface area (Å²) >= 11 is 0. The fourth-order valence-electron chi connectivity index (χ4n) is 2.39. The molecule has 1 aromatic heterocycles. The number of nitrogens with one attached hydrogen (secondary N) is 1. The SMILES string of the molecule is CCCCOCCCNC(=O)c1ccc(OCc2c(C)noc2C)cc1. The number of hydrogen-bond donors (Lipinski definition) is 1. The molecule has 1 amide bonds. The van der Waals surface area contributed by atoms with E-state index in [1.807, 2.05) is 13.8 Å². The van der Waals surface area contributed by atoms with Gasteiger partial charge in [-0.1, -0.05) is 18.5 Å². The lowest BCUT2D eigenvalue weighted by molar-refractivity contribution is 0.0940. The Kier molecular flexibility index (Phi) is 8.15. The van der Waals surface area contributed by atoms with Crippen LogP contribution >= 0.6 is 0 Å². The summed E-state index contributed by atoms with van der Waals surface area (Å²) in [6.45, 7) is 8.35. The van der Waals surface area contributed by atoms with Crippen LogP contribution in [0.5, 0.6) is 5.75 Å². The van der Waals surface area contributed by atoms with Crippen molar-refractivity contribution in [2.75, 3.05) is 19.8 Å². The van der Waals surface area contributed by atoms with E-state index in [0.717, 1.165) is 42.9 Å². The number of unbranched alkanes of at least 4 members (excludes halogenated alkanes) is 1. The maximum absolute atomic E-state index is 12.1. The van der Waals surface area contributed by atoms with E-state index in [-0.39, 0.29) is 5.91 Å². The molecule has 2 rings (SSSR count). The zero-order chi connectivity index (χ0) is 18.8. The van der Waals surface area contributed by atoms with Crippen LogP contribution in [0.4, 0.5) is 0 Å². The highest BCUT2D eigenvalue weighted by atomic mass is 16.5. The third kappa shape index (κ3) is 6.19. The topological polar surface area (TPSA) is 73.6 Å². The second-order valence-electron chi connectivity index (χ2n) is 6.19. The Bertz CT molecular complexity index is 660. The minimum absolute atomic E-state index is 0.0872. The predicted octanol–water partition coefficient (Wildman–Crippen LogP) is 3.81. The van der Waals surface area contributed by atoms with Crippen LogP contribution in [-0.4, -0.2) is 30.8 Å². The van der Waals surface area contributed by atoms with Gasteiger partial charge in [0.05, 0.1) is 11.3 Å². The monoisotopic (exact) mass is 360 g/mol. The van der Waals surface area contributed by atoms with Crippen molar-refractivity contribution in [3.8, 4) is 5.75 Å². The van der Waals surface area contributed by atoms with E-state index >= 15 is 0 Å². The largest absolute Gasteiger partial charge is 0.489 e. The second-order valence-corrected chi connectivity index (χ2v) is 6.19. The van der Waals surface area contributed by atoms with Crippen LogP contribution in [0, 0.1) is 13.8 Å². The number of benzene rings is 1. The Balaban J connectivity index is 1.71. The summed E-state index contributed by atoms with van der Waals surface area (Å²) in [5.74, 6) is 1.37. The smallest absolute Gasteiger partial charge is 0.251 e. The van der Waals surface area contributed by atoms with Crippen LogP contribution in [0.25, 0.3) is 0 Å². The van der Waals surface area contributed by atoms with Gasteiger partial charge in [0.25, 0.3) is 5.91 Å². The van der Waals surface area contributed by atoms with Crippen molar-refractivity contribution in [2.24, 2.45) is 0 Å². The first-order valence-corrected chi connectivity index (χ1v) is 9.12. The number of hydrogen-bond acceptors (Lipinski definition) is 5. The van der Waals surface area contributed by atoms with Crippen LogP contribution in [-0.2, 0) is 11.3 Å². The normalized spacial score (nSPS) is 10.7. The summed E-state index contributed by atoms with van der Waals surface area (Å²) in [5.41, 5.74) is 2.40. The summed E-state index contributed by atoms with van der Waals surface area (Å²) in [4.78, 5) is 12.1. The molecule has 0 aliphatic carbocycles. The first-order chi connectivity index (χ1) is 12.6. The van der Waals surface area contributed by atoms with Gasteiger partial charge >= 0.3 is 0 Å². The highest BCUT2D eigenvalue weighted by Crippen LogP contribution is 2.17. The predicted molar refractivity (Wildman–Crippen MR) is 99.4 cm³/mol. The Morgan fingerprint density at radius 2 is 1.88 bits per heavy atom. The first kappa shape index (κ1) is 20.0. The minimum atomic E-state index is -0.0872. The number of aromatic nitrogens is 1. The Labute approximate surface area is 154 Å². The van der Waals surface area contributed by atoms with Crippen LogP contribution in [0.1, 0.15) is 53.6 Å². The maximum Gasteiger partial charge on any atom is 0.251 e. The van der Waals surface area contributed by atoms with E-state index in [0.29, 0.717) is 31.1 Å². The standard InChI is InChI=1S/C20H28N2O4/c1-4-5-12-24-13-6-11-21-20(23)17-7-9-18(10-8-17)25-14-19-15(2)22-26-16(19)3/h7-10H,4-6,11-14H2,1-3H3,(H,21,23). The van der Waals surface area contributed by atoms with Crippen LogP contribution in [0.15, 0.2) is 28.8 Å². The van der Waals surface area contributed by atoms with Crippen LogP contribution in [0.3, 0.4) is 0 Å². The first-order valence-electron chi connectivity index (χ1n) is 9.12. The molecular weight excluding hydrogens is 332 g/mol. The zero-order valence-corrected chi connectivity index (χ0v) is 15.8. The molecule has 1 N–H and O–H groups in total. The molecule has 0 spiro atoms. The molecular formula is C20H28N2O4. The number of carbonyl (C=O) groups excluding carboxylic acids is 1. The van der Waals surface area contributed by atoms with Gasteiger partial charge in [-0.05, 0) is 51.0 Å². The van der Waals surface area contributed by atoms with Crippen molar-refractivity contribution in [2.45, 2.75) is 46.6 Å². The maximum atomic E-state index is 12.1. The molecule has 26 heavy (non-hydrogen) atoms. The molecule has 0 aliphatic rings. The lowest BCUT2D eigenvalue weighted by Crippen LogP contribution is -2.25. The van der Waals surface area contributed by atoms with Crippen molar-refractivity contribution in [3.05, 3.63) is 46.8 Å². The molecule has 0 aliphatic heterocycles. The number of carbonyl (C=O) groups is 1. The molecule has 6 heteroatoms. The lowest BCUT2D eigenvalue weighted by Gasteiger charge is -2.08.